The van der Waals surface area contributed by atoms with Crippen LogP contribution in [0.15, 0.2) is 0 Å². The molecule has 0 saturated heterocycles. The molecule has 0 bridgehead atoms. The molecular formula is C26H42O3. The number of fused-ring (bicyclic) bond motifs is 5. The van der Waals surface area contributed by atoms with Crippen molar-refractivity contribution in [1.82, 2.24) is 0 Å². The summed E-state index contributed by atoms with van der Waals surface area (Å²) in [6, 6.07) is 0. The molecule has 3 unspecified atom stereocenters. The number of Topliss-reactive ketones (excluding diaryl/α,β-unsaturated/α-hetero) is 1. The number of ketones is 1. The van der Waals surface area contributed by atoms with Crippen LogP contribution in [-0.4, -0.2) is 18.9 Å². The Balaban J connectivity index is 1.64. The lowest BCUT2D eigenvalue weighted by Gasteiger charge is -2.62. The van der Waals surface area contributed by atoms with Gasteiger partial charge in [0.2, 0.25) is 0 Å². The predicted molar refractivity (Wildman–Crippen MR) is 115 cm³/mol. The fraction of sp³-hybridized carbons (Fsp3) is 0.923. The Hall–Kier alpha value is -0.860. The molecule has 0 spiro atoms. The van der Waals surface area contributed by atoms with Crippen molar-refractivity contribution in [3.05, 3.63) is 0 Å². The van der Waals surface area contributed by atoms with Crippen molar-refractivity contribution in [3.63, 3.8) is 0 Å². The molecule has 3 heteroatoms. The normalized spacial score (nSPS) is 47.7. The fourth-order valence-electron chi connectivity index (χ4n) is 9.18. The van der Waals surface area contributed by atoms with Gasteiger partial charge in [0.25, 0.3) is 0 Å². The van der Waals surface area contributed by atoms with E-state index >= 15 is 0 Å². The number of rotatable bonds is 4. The first-order valence-corrected chi connectivity index (χ1v) is 12.4. The first-order valence-electron chi connectivity index (χ1n) is 12.4. The smallest absolute Gasteiger partial charge is 0.305 e. The first-order chi connectivity index (χ1) is 13.8. The predicted octanol–water partition coefficient (Wildman–Crippen LogP) is 6.05. The van der Waals surface area contributed by atoms with E-state index in [-0.39, 0.29) is 23.2 Å². The Labute approximate surface area is 177 Å². The Bertz CT molecular complexity index is 656. The van der Waals surface area contributed by atoms with Crippen molar-refractivity contribution in [3.8, 4) is 0 Å². The second-order valence-corrected chi connectivity index (χ2v) is 11.5. The van der Waals surface area contributed by atoms with Gasteiger partial charge in [0, 0.05) is 18.3 Å². The van der Waals surface area contributed by atoms with Gasteiger partial charge in [-0.15, -0.1) is 0 Å². The van der Waals surface area contributed by atoms with Gasteiger partial charge in [-0.2, -0.15) is 0 Å². The fourth-order valence-corrected chi connectivity index (χ4v) is 9.18. The van der Waals surface area contributed by atoms with E-state index in [0.717, 1.165) is 6.42 Å². The summed E-state index contributed by atoms with van der Waals surface area (Å²) < 4.78 is 4.96. The van der Waals surface area contributed by atoms with Crippen LogP contribution < -0.4 is 0 Å². The van der Waals surface area contributed by atoms with Crippen molar-refractivity contribution in [1.29, 1.82) is 0 Å². The van der Waals surface area contributed by atoms with Gasteiger partial charge in [0.05, 0.1) is 7.11 Å². The summed E-state index contributed by atoms with van der Waals surface area (Å²) in [4.78, 5) is 25.8. The van der Waals surface area contributed by atoms with E-state index in [1.165, 1.54) is 58.5 Å². The molecule has 0 aromatic carbocycles. The third kappa shape index (κ3) is 3.12. The molecule has 4 fully saturated rings. The van der Waals surface area contributed by atoms with E-state index in [9.17, 15) is 9.59 Å². The van der Waals surface area contributed by atoms with E-state index in [2.05, 4.69) is 27.7 Å². The van der Waals surface area contributed by atoms with E-state index in [1.807, 2.05) is 0 Å². The highest BCUT2D eigenvalue weighted by Crippen LogP contribution is 2.68. The van der Waals surface area contributed by atoms with E-state index in [0.29, 0.717) is 47.2 Å². The maximum Gasteiger partial charge on any atom is 0.305 e. The Kier molecular flexibility index (Phi) is 5.66. The third-order valence-corrected chi connectivity index (χ3v) is 10.5. The van der Waals surface area contributed by atoms with E-state index < -0.39 is 0 Å². The molecule has 164 valence electrons. The Morgan fingerprint density at radius 2 is 1.76 bits per heavy atom. The highest BCUT2D eigenvalue weighted by atomic mass is 16.5. The monoisotopic (exact) mass is 402 g/mol. The largest absolute Gasteiger partial charge is 0.469 e. The number of methoxy groups -OCH3 is 1. The van der Waals surface area contributed by atoms with Crippen LogP contribution in [0.3, 0.4) is 0 Å². The molecule has 4 aliphatic carbocycles. The molecule has 0 radical (unpaired) electrons. The van der Waals surface area contributed by atoms with Gasteiger partial charge < -0.3 is 4.74 Å². The summed E-state index contributed by atoms with van der Waals surface area (Å²) >= 11 is 0. The van der Waals surface area contributed by atoms with Crippen LogP contribution in [0, 0.1) is 52.3 Å². The summed E-state index contributed by atoms with van der Waals surface area (Å²) in [6.07, 6.45) is 11.6. The number of carbonyl (C=O) groups excluding carboxylic acids is 2. The lowest BCUT2D eigenvalue weighted by Crippen LogP contribution is -2.59. The summed E-state index contributed by atoms with van der Waals surface area (Å²) in [7, 11) is 1.49. The van der Waals surface area contributed by atoms with Gasteiger partial charge in [-0.3, -0.25) is 9.59 Å². The molecule has 0 aliphatic heterocycles. The minimum atomic E-state index is -0.0874. The quantitative estimate of drug-likeness (QED) is 0.538. The van der Waals surface area contributed by atoms with Crippen LogP contribution in [0.5, 0.6) is 0 Å². The van der Waals surface area contributed by atoms with Crippen molar-refractivity contribution < 1.29 is 14.3 Å². The van der Waals surface area contributed by atoms with Gasteiger partial charge in [0.15, 0.2) is 0 Å². The zero-order chi connectivity index (χ0) is 21.0. The molecule has 4 saturated carbocycles. The molecule has 29 heavy (non-hydrogen) atoms. The number of hydrogen-bond acceptors (Lipinski definition) is 3. The standard InChI is InChI=1S/C26H42O3/c1-6-17-19-9-7-8-13-25(19,3)21-12-14-26(4)18(16(2)15-22(27)29-5)10-11-20(26)23(21)24(17)28/h16-21,23H,6-15H2,1-5H3/t16-,17-,18-,19+,20?,21?,23?,25+,26-/m1/s1. The molecule has 9 atom stereocenters. The molecule has 0 aromatic heterocycles. The third-order valence-electron chi connectivity index (χ3n) is 10.5. The zero-order valence-corrected chi connectivity index (χ0v) is 19.3. The molecule has 0 amide bonds. The Morgan fingerprint density at radius 1 is 1.03 bits per heavy atom. The first kappa shape index (κ1) is 21.4. The van der Waals surface area contributed by atoms with Gasteiger partial charge in [-0.1, -0.05) is 40.5 Å². The SMILES string of the molecule is CC[C@H]1C(=O)C2C3CC[C@H]([C@H](C)CC(=O)OC)[C@@]3(C)CCC2[C@@]2(C)CCCC[C@@H]12. The van der Waals surface area contributed by atoms with Crippen molar-refractivity contribution in [2.75, 3.05) is 7.11 Å². The number of esters is 1. The number of hydrogen-bond donors (Lipinski definition) is 0. The summed E-state index contributed by atoms with van der Waals surface area (Å²) in [5, 5.41) is 0. The van der Waals surface area contributed by atoms with Crippen molar-refractivity contribution >= 4 is 11.8 Å². The summed E-state index contributed by atoms with van der Waals surface area (Å²) in [5.74, 6) is 3.71. The molecule has 0 heterocycles. The topological polar surface area (TPSA) is 43.4 Å². The number of carbonyl (C=O) groups is 2. The van der Waals surface area contributed by atoms with Gasteiger partial charge >= 0.3 is 5.97 Å². The zero-order valence-electron chi connectivity index (χ0n) is 19.3. The van der Waals surface area contributed by atoms with Crippen LogP contribution >= 0.6 is 0 Å². The highest BCUT2D eigenvalue weighted by Gasteiger charge is 2.64. The van der Waals surface area contributed by atoms with Gasteiger partial charge in [-0.25, -0.2) is 0 Å². The summed E-state index contributed by atoms with van der Waals surface area (Å²) in [5.41, 5.74) is 0.578. The molecule has 4 aliphatic rings. The average Bonchev–Trinajstić information content (AvgIpc) is 3.05. The van der Waals surface area contributed by atoms with Crippen LogP contribution in [-0.2, 0) is 14.3 Å². The van der Waals surface area contributed by atoms with Crippen LogP contribution in [0.2, 0.25) is 0 Å². The van der Waals surface area contributed by atoms with Crippen molar-refractivity contribution in [2.24, 2.45) is 52.3 Å². The molecule has 4 rings (SSSR count). The molecule has 0 aromatic rings. The maximum atomic E-state index is 13.9. The summed E-state index contributed by atoms with van der Waals surface area (Å²) in [6.45, 7) is 9.49. The van der Waals surface area contributed by atoms with E-state index in [4.69, 9.17) is 4.74 Å². The lowest BCUT2D eigenvalue weighted by atomic mass is 9.42. The number of ether oxygens (including phenoxy) is 1. The van der Waals surface area contributed by atoms with Gasteiger partial charge in [-0.05, 0) is 85.4 Å². The minimum Gasteiger partial charge on any atom is -0.469 e. The second kappa shape index (κ2) is 7.68. The second-order valence-electron chi connectivity index (χ2n) is 11.5. The van der Waals surface area contributed by atoms with Gasteiger partial charge in [0.1, 0.15) is 5.78 Å². The van der Waals surface area contributed by atoms with E-state index in [1.54, 1.807) is 0 Å². The average molecular weight is 403 g/mol. The molecule has 0 N–H and O–H groups in total. The van der Waals surface area contributed by atoms with Crippen LogP contribution in [0.4, 0.5) is 0 Å². The lowest BCUT2D eigenvalue weighted by molar-refractivity contribution is -0.168. The Morgan fingerprint density at radius 3 is 2.45 bits per heavy atom. The molecule has 3 nitrogen and oxygen atoms in total. The van der Waals surface area contributed by atoms with Crippen LogP contribution in [0.1, 0.15) is 91.9 Å². The van der Waals surface area contributed by atoms with Crippen LogP contribution in [0.25, 0.3) is 0 Å². The highest BCUT2D eigenvalue weighted by molar-refractivity contribution is 5.86. The minimum absolute atomic E-state index is 0.0874. The van der Waals surface area contributed by atoms with Crippen molar-refractivity contribution in [2.45, 2.75) is 91.9 Å². The molecular weight excluding hydrogens is 360 g/mol. The maximum absolute atomic E-state index is 13.9.